The van der Waals surface area contributed by atoms with E-state index in [2.05, 4.69) is 22.3 Å². The van der Waals surface area contributed by atoms with Gasteiger partial charge in [-0.25, -0.2) is 0 Å². The van der Waals surface area contributed by atoms with E-state index in [9.17, 15) is 4.79 Å². The number of nitrogens with zero attached hydrogens (tertiary/aromatic N) is 1. The number of rotatable bonds is 5. The molecule has 1 fully saturated rings. The molecule has 2 N–H and O–H groups in total. The third-order valence-corrected chi connectivity index (χ3v) is 3.54. The minimum absolute atomic E-state index is 0.00614. The van der Waals surface area contributed by atoms with Crippen molar-refractivity contribution >= 4 is 5.91 Å². The van der Waals surface area contributed by atoms with Crippen LogP contribution in [0.1, 0.15) is 18.4 Å². The zero-order valence-electron chi connectivity index (χ0n) is 11.2. The first-order valence-corrected chi connectivity index (χ1v) is 6.94. The zero-order chi connectivity index (χ0) is 13.5. The van der Waals surface area contributed by atoms with Crippen molar-refractivity contribution in [1.29, 1.82) is 0 Å². The number of carbonyl (C=O) groups excluding carboxylic acids is 1. The second-order valence-electron chi connectivity index (χ2n) is 5.07. The van der Waals surface area contributed by atoms with Crippen LogP contribution in [0.15, 0.2) is 30.3 Å². The molecule has 1 atom stereocenters. The molecule has 4 heteroatoms. The summed E-state index contributed by atoms with van der Waals surface area (Å²) >= 11 is 0. The fraction of sp³-hybridized carbons (Fsp3) is 0.533. The smallest absolute Gasteiger partial charge is 0.224 e. The van der Waals surface area contributed by atoms with Crippen molar-refractivity contribution in [1.82, 2.24) is 10.2 Å². The molecule has 1 saturated heterocycles. The molecule has 0 aliphatic carbocycles. The molecular formula is C15H22N2O2. The van der Waals surface area contributed by atoms with Crippen LogP contribution in [0.25, 0.3) is 0 Å². The Balaban J connectivity index is 1.85. The van der Waals surface area contributed by atoms with Crippen LogP contribution in [0, 0.1) is 5.92 Å². The van der Waals surface area contributed by atoms with E-state index < -0.39 is 0 Å². The van der Waals surface area contributed by atoms with Gasteiger partial charge in [-0.05, 0) is 24.9 Å². The summed E-state index contributed by atoms with van der Waals surface area (Å²) in [6.45, 7) is 3.13. The highest BCUT2D eigenvalue weighted by Crippen LogP contribution is 2.18. The number of amides is 1. The van der Waals surface area contributed by atoms with Gasteiger partial charge in [-0.15, -0.1) is 0 Å². The maximum absolute atomic E-state index is 11.9. The topological polar surface area (TPSA) is 52.6 Å². The lowest BCUT2D eigenvalue weighted by molar-refractivity contribution is -0.126. The van der Waals surface area contributed by atoms with Crippen LogP contribution in [0.2, 0.25) is 0 Å². The van der Waals surface area contributed by atoms with Gasteiger partial charge in [-0.2, -0.15) is 0 Å². The Kier molecular flexibility index (Phi) is 5.36. The third kappa shape index (κ3) is 4.33. The van der Waals surface area contributed by atoms with Crippen molar-refractivity contribution in [2.24, 2.45) is 5.92 Å². The SMILES string of the molecule is O=C(NCCO)C1CCCN(Cc2ccccc2)C1. The molecule has 1 aliphatic heterocycles. The summed E-state index contributed by atoms with van der Waals surface area (Å²) in [5.74, 6) is 0.135. The van der Waals surface area contributed by atoms with Crippen molar-refractivity contribution in [2.45, 2.75) is 19.4 Å². The number of hydrogen-bond acceptors (Lipinski definition) is 3. The maximum atomic E-state index is 11.9. The number of benzene rings is 1. The van der Waals surface area contributed by atoms with Crippen molar-refractivity contribution in [2.75, 3.05) is 26.2 Å². The number of likely N-dealkylation sites (tertiary alicyclic amines) is 1. The number of aliphatic hydroxyl groups is 1. The highest BCUT2D eigenvalue weighted by atomic mass is 16.3. The molecule has 104 valence electrons. The van der Waals surface area contributed by atoms with Gasteiger partial charge in [0.15, 0.2) is 0 Å². The maximum Gasteiger partial charge on any atom is 0.224 e. The molecule has 0 spiro atoms. The van der Waals surface area contributed by atoms with Crippen LogP contribution in [0.3, 0.4) is 0 Å². The van der Waals surface area contributed by atoms with Crippen LogP contribution in [0.5, 0.6) is 0 Å². The van der Waals surface area contributed by atoms with E-state index in [-0.39, 0.29) is 18.4 Å². The lowest BCUT2D eigenvalue weighted by atomic mass is 9.96. The van der Waals surface area contributed by atoms with E-state index in [1.807, 2.05) is 18.2 Å². The van der Waals surface area contributed by atoms with Crippen molar-refractivity contribution < 1.29 is 9.90 Å². The van der Waals surface area contributed by atoms with Crippen LogP contribution in [0.4, 0.5) is 0 Å². The van der Waals surface area contributed by atoms with Crippen molar-refractivity contribution in [3.05, 3.63) is 35.9 Å². The average molecular weight is 262 g/mol. The summed E-state index contributed by atoms with van der Waals surface area (Å²) in [7, 11) is 0. The van der Waals surface area contributed by atoms with E-state index in [4.69, 9.17) is 5.11 Å². The lowest BCUT2D eigenvalue weighted by Crippen LogP contribution is -2.43. The molecule has 19 heavy (non-hydrogen) atoms. The summed E-state index contributed by atoms with van der Waals surface area (Å²) in [6, 6.07) is 10.4. The molecule has 0 bridgehead atoms. The minimum atomic E-state index is 0.00614. The first-order chi connectivity index (χ1) is 9.29. The molecular weight excluding hydrogens is 240 g/mol. The van der Waals surface area contributed by atoms with Crippen molar-refractivity contribution in [3.8, 4) is 0 Å². The third-order valence-electron chi connectivity index (χ3n) is 3.54. The van der Waals surface area contributed by atoms with Gasteiger partial charge in [0, 0.05) is 19.6 Å². The molecule has 0 radical (unpaired) electrons. The van der Waals surface area contributed by atoms with Crippen LogP contribution < -0.4 is 5.32 Å². The van der Waals surface area contributed by atoms with Gasteiger partial charge in [0.25, 0.3) is 0 Å². The molecule has 2 rings (SSSR count). The standard InChI is InChI=1S/C15H22N2O2/c18-10-8-16-15(19)14-7-4-9-17(12-14)11-13-5-2-1-3-6-13/h1-3,5-6,14,18H,4,7-12H2,(H,16,19). The van der Waals surface area contributed by atoms with Crippen LogP contribution in [-0.4, -0.2) is 42.2 Å². The van der Waals surface area contributed by atoms with Gasteiger partial charge in [0.2, 0.25) is 5.91 Å². The van der Waals surface area contributed by atoms with Gasteiger partial charge in [-0.1, -0.05) is 30.3 Å². The fourth-order valence-corrected chi connectivity index (χ4v) is 2.58. The fourth-order valence-electron chi connectivity index (χ4n) is 2.58. The number of nitrogens with one attached hydrogen (secondary N) is 1. The van der Waals surface area contributed by atoms with E-state index in [0.29, 0.717) is 6.54 Å². The van der Waals surface area contributed by atoms with E-state index in [1.165, 1.54) is 5.56 Å². The van der Waals surface area contributed by atoms with Crippen LogP contribution in [-0.2, 0) is 11.3 Å². The highest BCUT2D eigenvalue weighted by Gasteiger charge is 2.25. The molecule has 1 unspecified atom stereocenters. The largest absolute Gasteiger partial charge is 0.395 e. The number of carbonyl (C=O) groups is 1. The lowest BCUT2D eigenvalue weighted by Gasteiger charge is -2.32. The van der Waals surface area contributed by atoms with Crippen LogP contribution >= 0.6 is 0 Å². The molecule has 4 nitrogen and oxygen atoms in total. The van der Waals surface area contributed by atoms with Gasteiger partial charge in [0.1, 0.15) is 0 Å². The summed E-state index contributed by atoms with van der Waals surface area (Å²) < 4.78 is 0. The molecule has 1 aromatic carbocycles. The van der Waals surface area contributed by atoms with Crippen molar-refractivity contribution in [3.63, 3.8) is 0 Å². The molecule has 0 saturated carbocycles. The number of piperidine rings is 1. The Hall–Kier alpha value is -1.39. The first kappa shape index (κ1) is 14.0. The average Bonchev–Trinajstić information content (AvgIpc) is 2.46. The highest BCUT2D eigenvalue weighted by molar-refractivity contribution is 5.78. The monoisotopic (exact) mass is 262 g/mol. The van der Waals surface area contributed by atoms with E-state index in [0.717, 1.165) is 32.5 Å². The Bertz CT molecular complexity index is 394. The van der Waals surface area contributed by atoms with E-state index >= 15 is 0 Å². The van der Waals surface area contributed by atoms with Gasteiger partial charge in [0.05, 0.1) is 12.5 Å². The molecule has 1 aliphatic rings. The number of hydrogen-bond donors (Lipinski definition) is 2. The first-order valence-electron chi connectivity index (χ1n) is 6.94. The normalized spacial score (nSPS) is 20.2. The Morgan fingerprint density at radius 1 is 1.37 bits per heavy atom. The quantitative estimate of drug-likeness (QED) is 0.832. The number of aliphatic hydroxyl groups excluding tert-OH is 1. The Labute approximate surface area is 114 Å². The predicted molar refractivity (Wildman–Crippen MR) is 74.5 cm³/mol. The second-order valence-corrected chi connectivity index (χ2v) is 5.07. The predicted octanol–water partition coefficient (Wildman–Crippen LogP) is 1.01. The second kappa shape index (κ2) is 7.26. The zero-order valence-corrected chi connectivity index (χ0v) is 11.2. The molecule has 0 aromatic heterocycles. The molecule has 1 heterocycles. The molecule has 1 amide bonds. The Morgan fingerprint density at radius 2 is 2.16 bits per heavy atom. The van der Waals surface area contributed by atoms with Gasteiger partial charge in [-0.3, -0.25) is 9.69 Å². The van der Waals surface area contributed by atoms with Gasteiger partial charge < -0.3 is 10.4 Å². The summed E-state index contributed by atoms with van der Waals surface area (Å²) in [5.41, 5.74) is 1.29. The summed E-state index contributed by atoms with van der Waals surface area (Å²) in [4.78, 5) is 14.2. The summed E-state index contributed by atoms with van der Waals surface area (Å²) in [5, 5.41) is 11.5. The van der Waals surface area contributed by atoms with Gasteiger partial charge >= 0.3 is 0 Å². The minimum Gasteiger partial charge on any atom is -0.395 e. The molecule has 1 aromatic rings. The Morgan fingerprint density at radius 3 is 2.89 bits per heavy atom. The summed E-state index contributed by atoms with van der Waals surface area (Å²) in [6.07, 6.45) is 2.01. The van der Waals surface area contributed by atoms with E-state index in [1.54, 1.807) is 0 Å².